The SMILES string of the molecule is Cc1cc(-c2cccc(C3CN(C)CCO3)c2)cnc1SC(C(=O)N1CCCC1)c1ccccc1. The maximum atomic E-state index is 13.4. The van der Waals surface area contributed by atoms with E-state index in [-0.39, 0.29) is 17.3 Å². The van der Waals surface area contributed by atoms with Gasteiger partial charge in [-0.15, -0.1) is 0 Å². The minimum atomic E-state index is -0.282. The Kier molecular flexibility index (Phi) is 7.51. The van der Waals surface area contributed by atoms with Crippen molar-refractivity contribution < 1.29 is 9.53 Å². The van der Waals surface area contributed by atoms with Gasteiger partial charge in [0, 0.05) is 37.9 Å². The predicted octanol–water partition coefficient (Wildman–Crippen LogP) is 5.52. The van der Waals surface area contributed by atoms with Crippen LogP contribution in [0.25, 0.3) is 11.1 Å². The molecule has 5 rings (SSSR count). The fourth-order valence-electron chi connectivity index (χ4n) is 4.85. The standard InChI is InChI=1S/C29H33N3O2S/c1-21-17-25(23-11-8-12-24(18-23)26-20-31(2)15-16-34-26)19-30-28(21)35-27(22-9-4-3-5-10-22)29(33)32-13-6-7-14-32/h3-5,8-12,17-19,26-27H,6-7,13-16,20H2,1-2H3. The molecule has 2 aromatic carbocycles. The molecule has 2 unspecified atom stereocenters. The van der Waals surface area contributed by atoms with Crippen LogP contribution in [0.5, 0.6) is 0 Å². The van der Waals surface area contributed by atoms with E-state index in [1.165, 1.54) is 5.56 Å². The molecule has 2 aliphatic heterocycles. The van der Waals surface area contributed by atoms with E-state index >= 15 is 0 Å². The van der Waals surface area contributed by atoms with E-state index in [4.69, 9.17) is 9.72 Å². The summed E-state index contributed by atoms with van der Waals surface area (Å²) in [5.41, 5.74) is 5.54. The van der Waals surface area contributed by atoms with E-state index in [0.29, 0.717) is 0 Å². The van der Waals surface area contributed by atoms with Gasteiger partial charge in [-0.2, -0.15) is 0 Å². The molecular weight excluding hydrogens is 454 g/mol. The number of thioether (sulfide) groups is 1. The summed E-state index contributed by atoms with van der Waals surface area (Å²) < 4.78 is 6.02. The number of aryl methyl sites for hydroxylation is 1. The monoisotopic (exact) mass is 487 g/mol. The zero-order chi connectivity index (χ0) is 24.2. The molecule has 2 atom stereocenters. The lowest BCUT2D eigenvalue weighted by molar-refractivity contribution is -0.129. The molecular formula is C29H33N3O2S. The Balaban J connectivity index is 1.38. The van der Waals surface area contributed by atoms with Gasteiger partial charge in [-0.05, 0) is 61.2 Å². The third-order valence-corrected chi connectivity index (χ3v) is 8.23. The molecule has 2 aliphatic rings. The number of likely N-dealkylation sites (N-methyl/N-ethyl adjacent to an activating group) is 1. The van der Waals surface area contributed by atoms with Crippen LogP contribution in [-0.4, -0.2) is 60.5 Å². The first kappa shape index (κ1) is 24.0. The van der Waals surface area contributed by atoms with Gasteiger partial charge in [-0.3, -0.25) is 4.79 Å². The fraction of sp³-hybridized carbons (Fsp3) is 0.379. The summed E-state index contributed by atoms with van der Waals surface area (Å²) in [6.07, 6.45) is 4.21. The number of nitrogens with zero attached hydrogens (tertiary/aromatic N) is 3. The van der Waals surface area contributed by atoms with Crippen molar-refractivity contribution in [2.75, 3.05) is 39.8 Å². The van der Waals surface area contributed by atoms with Crippen molar-refractivity contribution in [3.05, 3.63) is 83.6 Å². The Hall–Kier alpha value is -2.67. The summed E-state index contributed by atoms with van der Waals surface area (Å²) in [6.45, 7) is 6.43. The fourth-order valence-corrected chi connectivity index (χ4v) is 5.97. The van der Waals surface area contributed by atoms with Crippen molar-refractivity contribution >= 4 is 17.7 Å². The number of rotatable bonds is 6. The number of carbonyl (C=O) groups is 1. The molecule has 6 heteroatoms. The minimum absolute atomic E-state index is 0.0980. The van der Waals surface area contributed by atoms with Crippen LogP contribution in [-0.2, 0) is 9.53 Å². The van der Waals surface area contributed by atoms with Crippen LogP contribution in [0.15, 0.2) is 71.9 Å². The van der Waals surface area contributed by atoms with Gasteiger partial charge in [0.15, 0.2) is 0 Å². The maximum Gasteiger partial charge on any atom is 0.240 e. The lowest BCUT2D eigenvalue weighted by Crippen LogP contribution is -2.35. The van der Waals surface area contributed by atoms with Crippen molar-refractivity contribution in [2.24, 2.45) is 0 Å². The Morgan fingerprint density at radius 3 is 2.57 bits per heavy atom. The molecule has 2 saturated heterocycles. The molecule has 0 bridgehead atoms. The molecule has 5 nitrogen and oxygen atoms in total. The summed E-state index contributed by atoms with van der Waals surface area (Å²) in [7, 11) is 2.14. The van der Waals surface area contributed by atoms with Crippen LogP contribution in [0.1, 0.15) is 40.9 Å². The van der Waals surface area contributed by atoms with Gasteiger partial charge in [0.25, 0.3) is 0 Å². The van der Waals surface area contributed by atoms with Crippen molar-refractivity contribution in [3.8, 4) is 11.1 Å². The molecule has 3 aromatic rings. The van der Waals surface area contributed by atoms with Crippen LogP contribution in [0, 0.1) is 6.92 Å². The molecule has 35 heavy (non-hydrogen) atoms. The number of hydrogen-bond donors (Lipinski definition) is 0. The van der Waals surface area contributed by atoms with E-state index in [9.17, 15) is 4.79 Å². The van der Waals surface area contributed by atoms with E-state index < -0.39 is 0 Å². The van der Waals surface area contributed by atoms with Crippen molar-refractivity contribution in [1.82, 2.24) is 14.8 Å². The zero-order valence-corrected chi connectivity index (χ0v) is 21.3. The summed E-state index contributed by atoms with van der Waals surface area (Å²) in [5.74, 6) is 0.189. The molecule has 182 valence electrons. The van der Waals surface area contributed by atoms with Gasteiger partial charge in [0.1, 0.15) is 5.25 Å². The lowest BCUT2D eigenvalue weighted by Gasteiger charge is -2.30. The summed E-state index contributed by atoms with van der Waals surface area (Å²) >= 11 is 1.57. The van der Waals surface area contributed by atoms with Crippen LogP contribution >= 0.6 is 11.8 Å². The normalized spacial score (nSPS) is 19.6. The van der Waals surface area contributed by atoms with Crippen molar-refractivity contribution in [2.45, 2.75) is 36.1 Å². The molecule has 1 amide bonds. The number of benzene rings is 2. The Morgan fingerprint density at radius 2 is 1.83 bits per heavy atom. The molecule has 0 spiro atoms. The second-order valence-electron chi connectivity index (χ2n) is 9.53. The quantitative estimate of drug-likeness (QED) is 0.429. The van der Waals surface area contributed by atoms with Crippen LogP contribution in [0.4, 0.5) is 0 Å². The highest BCUT2D eigenvalue weighted by molar-refractivity contribution is 8.00. The lowest BCUT2D eigenvalue weighted by atomic mass is 10.0. The Bertz CT molecular complexity index is 1160. The molecule has 1 aromatic heterocycles. The number of amides is 1. The predicted molar refractivity (Wildman–Crippen MR) is 141 cm³/mol. The Morgan fingerprint density at radius 1 is 1.03 bits per heavy atom. The molecule has 3 heterocycles. The molecule has 0 N–H and O–H groups in total. The number of carbonyl (C=O) groups excluding carboxylic acids is 1. The minimum Gasteiger partial charge on any atom is -0.371 e. The van der Waals surface area contributed by atoms with Gasteiger partial charge in [0.2, 0.25) is 5.91 Å². The average molecular weight is 488 g/mol. The van der Waals surface area contributed by atoms with E-state index in [0.717, 1.165) is 72.9 Å². The third-order valence-electron chi connectivity index (χ3n) is 6.87. The first-order valence-electron chi connectivity index (χ1n) is 12.5. The maximum absolute atomic E-state index is 13.4. The molecule has 0 saturated carbocycles. The summed E-state index contributed by atoms with van der Waals surface area (Å²) in [6, 6.07) is 20.9. The second kappa shape index (κ2) is 10.9. The summed E-state index contributed by atoms with van der Waals surface area (Å²) in [4.78, 5) is 22.6. The third kappa shape index (κ3) is 5.61. The van der Waals surface area contributed by atoms with Gasteiger partial charge < -0.3 is 14.5 Å². The van der Waals surface area contributed by atoms with Gasteiger partial charge in [0.05, 0.1) is 17.7 Å². The largest absolute Gasteiger partial charge is 0.371 e. The summed E-state index contributed by atoms with van der Waals surface area (Å²) in [5, 5.41) is 0.624. The van der Waals surface area contributed by atoms with E-state index in [1.807, 2.05) is 41.4 Å². The first-order chi connectivity index (χ1) is 17.1. The van der Waals surface area contributed by atoms with Crippen molar-refractivity contribution in [1.29, 1.82) is 0 Å². The van der Waals surface area contributed by atoms with Crippen LogP contribution in [0.3, 0.4) is 0 Å². The second-order valence-corrected chi connectivity index (χ2v) is 10.6. The van der Waals surface area contributed by atoms with Gasteiger partial charge in [-0.25, -0.2) is 4.98 Å². The molecule has 0 radical (unpaired) electrons. The number of likely N-dealkylation sites (tertiary alicyclic amines) is 1. The molecule has 0 aliphatic carbocycles. The molecule has 2 fully saturated rings. The van der Waals surface area contributed by atoms with E-state index in [1.54, 1.807) is 11.8 Å². The topological polar surface area (TPSA) is 45.7 Å². The van der Waals surface area contributed by atoms with Crippen LogP contribution in [0.2, 0.25) is 0 Å². The number of morpholine rings is 1. The number of ether oxygens (including phenoxy) is 1. The Labute approximate surface area is 212 Å². The highest BCUT2D eigenvalue weighted by Crippen LogP contribution is 2.39. The average Bonchev–Trinajstić information content (AvgIpc) is 3.43. The highest BCUT2D eigenvalue weighted by atomic mass is 32.2. The van der Waals surface area contributed by atoms with Crippen molar-refractivity contribution in [3.63, 3.8) is 0 Å². The number of aromatic nitrogens is 1. The zero-order valence-electron chi connectivity index (χ0n) is 20.5. The van der Waals surface area contributed by atoms with Crippen LogP contribution < -0.4 is 0 Å². The van der Waals surface area contributed by atoms with Gasteiger partial charge in [-0.1, -0.05) is 60.3 Å². The highest BCUT2D eigenvalue weighted by Gasteiger charge is 2.29. The number of pyridine rings is 1. The smallest absolute Gasteiger partial charge is 0.240 e. The van der Waals surface area contributed by atoms with Gasteiger partial charge >= 0.3 is 0 Å². The number of hydrogen-bond acceptors (Lipinski definition) is 5. The first-order valence-corrected chi connectivity index (χ1v) is 13.3. The van der Waals surface area contributed by atoms with E-state index in [2.05, 4.69) is 49.2 Å².